The first kappa shape index (κ1) is 15.5. The first-order valence-corrected chi connectivity index (χ1v) is 6.23. The number of alkyl halides is 3. The van der Waals surface area contributed by atoms with Gasteiger partial charge in [0.25, 0.3) is 0 Å². The summed E-state index contributed by atoms with van der Waals surface area (Å²) in [5.41, 5.74) is 6.18. The van der Waals surface area contributed by atoms with Crippen LogP contribution in [0, 0.1) is 11.3 Å². The fourth-order valence-electron chi connectivity index (χ4n) is 1.75. The number of amidine groups is 1. The van der Waals surface area contributed by atoms with Gasteiger partial charge in [0.15, 0.2) is 0 Å². The van der Waals surface area contributed by atoms with E-state index >= 15 is 0 Å². The van der Waals surface area contributed by atoms with Crippen LogP contribution in [-0.4, -0.2) is 10.8 Å². The third-order valence-corrected chi connectivity index (χ3v) is 2.88. The molecule has 0 amide bonds. The van der Waals surface area contributed by atoms with Gasteiger partial charge in [0.2, 0.25) is 0 Å². The predicted octanol–water partition coefficient (Wildman–Crippen LogP) is 2.88. The highest BCUT2D eigenvalue weighted by atomic mass is 19.4. The lowest BCUT2D eigenvalue weighted by atomic mass is 10.1. The molecule has 0 fully saturated rings. The minimum atomic E-state index is -4.36. The molecule has 4 nitrogen and oxygen atoms in total. The maximum Gasteiger partial charge on any atom is 0.416 e. The monoisotopic (exact) mass is 304 g/mol. The number of halogens is 3. The zero-order valence-electron chi connectivity index (χ0n) is 11.3. The average molecular weight is 304 g/mol. The molecule has 0 saturated heterocycles. The SMILES string of the molecule is N#Cc1cccnc1C(N)=NCc1ccc(C(F)(F)F)cc1. The normalized spacial score (nSPS) is 12.0. The molecular formula is C15H11F3N4. The second-order valence-corrected chi connectivity index (χ2v) is 4.41. The Bertz CT molecular complexity index is 728. The van der Waals surface area contributed by atoms with Crippen LogP contribution in [0.3, 0.4) is 0 Å². The Morgan fingerprint density at radius 1 is 1.23 bits per heavy atom. The van der Waals surface area contributed by atoms with Crippen LogP contribution in [0.25, 0.3) is 0 Å². The van der Waals surface area contributed by atoms with Crippen LogP contribution in [-0.2, 0) is 12.7 Å². The zero-order chi connectivity index (χ0) is 16.2. The Hall–Kier alpha value is -2.88. The molecule has 1 heterocycles. The molecule has 7 heteroatoms. The van der Waals surface area contributed by atoms with Gasteiger partial charge < -0.3 is 5.73 Å². The fourth-order valence-corrected chi connectivity index (χ4v) is 1.75. The van der Waals surface area contributed by atoms with E-state index in [-0.39, 0.29) is 23.6 Å². The Morgan fingerprint density at radius 2 is 1.91 bits per heavy atom. The summed E-state index contributed by atoms with van der Waals surface area (Å²) in [6.45, 7) is 0.103. The van der Waals surface area contributed by atoms with Gasteiger partial charge in [0, 0.05) is 6.20 Å². The van der Waals surface area contributed by atoms with Gasteiger partial charge >= 0.3 is 6.18 Å². The highest BCUT2D eigenvalue weighted by Gasteiger charge is 2.29. The lowest BCUT2D eigenvalue weighted by molar-refractivity contribution is -0.137. The molecule has 1 aromatic carbocycles. The molecule has 2 rings (SSSR count). The molecule has 2 aromatic rings. The lowest BCUT2D eigenvalue weighted by Crippen LogP contribution is -2.17. The smallest absolute Gasteiger partial charge is 0.382 e. The summed E-state index contributed by atoms with van der Waals surface area (Å²) in [7, 11) is 0. The van der Waals surface area contributed by atoms with E-state index in [4.69, 9.17) is 11.0 Å². The van der Waals surface area contributed by atoms with Crippen molar-refractivity contribution < 1.29 is 13.2 Å². The zero-order valence-corrected chi connectivity index (χ0v) is 11.3. The van der Waals surface area contributed by atoms with Crippen molar-refractivity contribution in [3.63, 3.8) is 0 Å². The molecule has 2 N–H and O–H groups in total. The molecule has 0 radical (unpaired) electrons. The molecule has 0 spiro atoms. The summed E-state index contributed by atoms with van der Waals surface area (Å²) < 4.78 is 37.4. The van der Waals surface area contributed by atoms with Crippen LogP contribution in [0.5, 0.6) is 0 Å². The van der Waals surface area contributed by atoms with E-state index in [0.29, 0.717) is 5.56 Å². The highest BCUT2D eigenvalue weighted by Crippen LogP contribution is 2.29. The molecule has 1 aromatic heterocycles. The number of pyridine rings is 1. The first-order chi connectivity index (χ1) is 10.4. The van der Waals surface area contributed by atoms with Crippen LogP contribution < -0.4 is 5.73 Å². The Balaban J connectivity index is 2.16. The third kappa shape index (κ3) is 3.61. The summed E-state index contributed by atoms with van der Waals surface area (Å²) >= 11 is 0. The molecule has 0 aliphatic carbocycles. The van der Waals surface area contributed by atoms with E-state index in [1.54, 1.807) is 12.1 Å². The van der Waals surface area contributed by atoms with E-state index in [9.17, 15) is 13.2 Å². The average Bonchev–Trinajstić information content (AvgIpc) is 2.52. The van der Waals surface area contributed by atoms with Gasteiger partial charge in [-0.3, -0.25) is 9.98 Å². The Kier molecular flexibility index (Phi) is 4.41. The van der Waals surface area contributed by atoms with Gasteiger partial charge in [-0.05, 0) is 29.8 Å². The van der Waals surface area contributed by atoms with Crippen LogP contribution in [0.15, 0.2) is 47.6 Å². The number of rotatable bonds is 3. The van der Waals surface area contributed by atoms with E-state index in [1.807, 2.05) is 6.07 Å². The van der Waals surface area contributed by atoms with Crippen molar-refractivity contribution in [2.24, 2.45) is 10.7 Å². The minimum absolute atomic E-state index is 0.0667. The number of nitrogens with two attached hydrogens (primary N) is 1. The van der Waals surface area contributed by atoms with E-state index in [0.717, 1.165) is 12.1 Å². The van der Waals surface area contributed by atoms with Crippen LogP contribution in [0.1, 0.15) is 22.4 Å². The number of aromatic nitrogens is 1. The predicted molar refractivity (Wildman–Crippen MR) is 74.8 cm³/mol. The largest absolute Gasteiger partial charge is 0.416 e. The van der Waals surface area contributed by atoms with Crippen molar-refractivity contribution in [1.82, 2.24) is 4.98 Å². The summed E-state index contributed by atoms with van der Waals surface area (Å²) in [5, 5.41) is 8.95. The Labute approximate surface area is 124 Å². The Morgan fingerprint density at radius 3 is 2.50 bits per heavy atom. The van der Waals surface area contributed by atoms with Crippen molar-refractivity contribution in [3.05, 3.63) is 65.0 Å². The quantitative estimate of drug-likeness (QED) is 0.700. The summed E-state index contributed by atoms with van der Waals surface area (Å²) in [4.78, 5) is 8.05. The second kappa shape index (κ2) is 6.26. The van der Waals surface area contributed by atoms with E-state index < -0.39 is 11.7 Å². The molecule has 0 aliphatic rings. The van der Waals surface area contributed by atoms with Gasteiger partial charge in [-0.15, -0.1) is 0 Å². The molecule has 22 heavy (non-hydrogen) atoms. The number of aliphatic imine (C=N–C) groups is 1. The van der Waals surface area contributed by atoms with E-state index in [2.05, 4.69) is 9.98 Å². The molecule has 112 valence electrons. The highest BCUT2D eigenvalue weighted by molar-refractivity contribution is 5.97. The van der Waals surface area contributed by atoms with Gasteiger partial charge in [-0.1, -0.05) is 12.1 Å². The van der Waals surface area contributed by atoms with Crippen molar-refractivity contribution >= 4 is 5.84 Å². The second-order valence-electron chi connectivity index (χ2n) is 4.41. The van der Waals surface area contributed by atoms with Crippen LogP contribution in [0.2, 0.25) is 0 Å². The maximum atomic E-state index is 12.5. The first-order valence-electron chi connectivity index (χ1n) is 6.23. The van der Waals surface area contributed by atoms with Crippen molar-refractivity contribution in [2.45, 2.75) is 12.7 Å². The third-order valence-electron chi connectivity index (χ3n) is 2.88. The summed E-state index contributed by atoms with van der Waals surface area (Å²) in [5.74, 6) is 0.0667. The van der Waals surface area contributed by atoms with Gasteiger partial charge in [0.05, 0.1) is 17.7 Å². The molecule has 0 bridgehead atoms. The number of nitrogens with zero attached hydrogens (tertiary/aromatic N) is 3. The summed E-state index contributed by atoms with van der Waals surface area (Å²) in [6, 6.07) is 9.76. The minimum Gasteiger partial charge on any atom is -0.382 e. The number of hydrogen-bond acceptors (Lipinski definition) is 3. The molecular weight excluding hydrogens is 293 g/mol. The van der Waals surface area contributed by atoms with Crippen molar-refractivity contribution in [1.29, 1.82) is 5.26 Å². The lowest BCUT2D eigenvalue weighted by Gasteiger charge is -2.07. The van der Waals surface area contributed by atoms with Crippen LogP contribution >= 0.6 is 0 Å². The number of nitriles is 1. The van der Waals surface area contributed by atoms with Gasteiger partial charge in [-0.25, -0.2) is 0 Å². The molecule has 0 saturated carbocycles. The summed E-state index contributed by atoms with van der Waals surface area (Å²) in [6.07, 6.45) is -2.88. The van der Waals surface area contributed by atoms with Gasteiger partial charge in [0.1, 0.15) is 17.6 Å². The van der Waals surface area contributed by atoms with E-state index in [1.165, 1.54) is 18.3 Å². The topological polar surface area (TPSA) is 75.1 Å². The van der Waals surface area contributed by atoms with Crippen LogP contribution in [0.4, 0.5) is 13.2 Å². The maximum absolute atomic E-state index is 12.5. The number of hydrogen-bond donors (Lipinski definition) is 1. The van der Waals surface area contributed by atoms with Crippen molar-refractivity contribution in [2.75, 3.05) is 0 Å². The standard InChI is InChI=1S/C15H11F3N4/c16-15(17,18)12-5-3-10(4-6-12)9-22-14(20)13-11(8-19)2-1-7-21-13/h1-7H,9H2,(H2,20,22). The molecule has 0 atom stereocenters. The molecule has 0 unspecified atom stereocenters. The fraction of sp³-hybridized carbons (Fsp3) is 0.133. The van der Waals surface area contributed by atoms with Gasteiger partial charge in [-0.2, -0.15) is 18.4 Å². The van der Waals surface area contributed by atoms with Crippen molar-refractivity contribution in [3.8, 4) is 6.07 Å². The molecule has 0 aliphatic heterocycles. The number of benzene rings is 1.